The van der Waals surface area contributed by atoms with E-state index in [1.165, 1.54) is 33.8 Å². The van der Waals surface area contributed by atoms with E-state index in [0.29, 0.717) is 11.6 Å². The van der Waals surface area contributed by atoms with Gasteiger partial charge in [-0.1, -0.05) is 53.3 Å². The molecule has 8 nitrogen and oxygen atoms in total. The molecule has 0 saturated carbocycles. The molecule has 174 valence electrons. The zero-order chi connectivity index (χ0) is 23.6. The third kappa shape index (κ3) is 5.59. The molecule has 33 heavy (non-hydrogen) atoms. The first-order chi connectivity index (χ1) is 15.7. The SMILES string of the molecule is CC1CN(S(=O)(=O)c2cc(C(=O)Nc3nnc(Cc4ccccc4)s3)ccc2Cl)CC(C)O1. The molecule has 2 unspecified atom stereocenters. The summed E-state index contributed by atoms with van der Waals surface area (Å²) in [7, 11) is -3.90. The van der Waals surface area contributed by atoms with Crippen molar-refractivity contribution in [3.63, 3.8) is 0 Å². The first-order valence-corrected chi connectivity index (χ1v) is 13.0. The molecule has 1 aliphatic rings. The lowest BCUT2D eigenvalue weighted by Crippen LogP contribution is -2.48. The molecule has 2 heterocycles. The first-order valence-electron chi connectivity index (χ1n) is 10.3. The predicted octanol–water partition coefficient (Wildman–Crippen LogP) is 3.83. The van der Waals surface area contributed by atoms with E-state index in [2.05, 4.69) is 15.5 Å². The van der Waals surface area contributed by atoms with Gasteiger partial charge < -0.3 is 4.74 Å². The second-order valence-electron chi connectivity index (χ2n) is 7.84. The fourth-order valence-corrected chi connectivity index (χ4v) is 6.48. The van der Waals surface area contributed by atoms with Crippen LogP contribution >= 0.6 is 22.9 Å². The lowest BCUT2D eigenvalue weighted by Gasteiger charge is -2.34. The number of ether oxygens (including phenoxy) is 1. The Balaban J connectivity index is 1.51. The molecule has 1 aromatic heterocycles. The van der Waals surface area contributed by atoms with E-state index in [1.807, 2.05) is 44.2 Å². The summed E-state index contributed by atoms with van der Waals surface area (Å²) >= 11 is 7.50. The zero-order valence-corrected chi connectivity index (χ0v) is 20.5. The van der Waals surface area contributed by atoms with Gasteiger partial charge in [-0.05, 0) is 37.6 Å². The number of anilines is 1. The first kappa shape index (κ1) is 23.8. The van der Waals surface area contributed by atoms with Crippen LogP contribution in [0, 0.1) is 0 Å². The summed E-state index contributed by atoms with van der Waals surface area (Å²) in [5, 5.41) is 12.0. The largest absolute Gasteiger partial charge is 0.373 e. The van der Waals surface area contributed by atoms with Gasteiger partial charge in [-0.15, -0.1) is 10.2 Å². The Morgan fingerprint density at radius 2 is 1.85 bits per heavy atom. The van der Waals surface area contributed by atoms with Crippen molar-refractivity contribution >= 4 is 44.0 Å². The predicted molar refractivity (Wildman–Crippen MR) is 127 cm³/mol. The number of sulfonamides is 1. The molecule has 1 N–H and O–H groups in total. The number of rotatable bonds is 6. The summed E-state index contributed by atoms with van der Waals surface area (Å²) in [6, 6.07) is 14.0. The average Bonchev–Trinajstić information content (AvgIpc) is 3.20. The van der Waals surface area contributed by atoms with Crippen LogP contribution in [0.25, 0.3) is 0 Å². The van der Waals surface area contributed by atoms with Gasteiger partial charge in [-0.3, -0.25) is 10.1 Å². The van der Waals surface area contributed by atoms with Crippen LogP contribution in [0.1, 0.15) is 34.8 Å². The van der Waals surface area contributed by atoms with Crippen LogP contribution in [0.5, 0.6) is 0 Å². The van der Waals surface area contributed by atoms with Crippen LogP contribution < -0.4 is 5.32 Å². The third-order valence-corrected chi connectivity index (χ3v) is 8.23. The van der Waals surface area contributed by atoms with E-state index in [0.717, 1.165) is 10.6 Å². The Morgan fingerprint density at radius 1 is 1.15 bits per heavy atom. The molecular weight excluding hydrogens is 484 g/mol. The van der Waals surface area contributed by atoms with Crippen molar-refractivity contribution in [3.8, 4) is 0 Å². The molecule has 0 radical (unpaired) electrons. The van der Waals surface area contributed by atoms with E-state index in [-0.39, 0.29) is 40.8 Å². The number of nitrogens with one attached hydrogen (secondary N) is 1. The number of halogens is 1. The van der Waals surface area contributed by atoms with Gasteiger partial charge >= 0.3 is 0 Å². The van der Waals surface area contributed by atoms with Crippen molar-refractivity contribution in [1.29, 1.82) is 0 Å². The van der Waals surface area contributed by atoms with Crippen LogP contribution in [-0.4, -0.2) is 54.1 Å². The highest BCUT2D eigenvalue weighted by atomic mass is 35.5. The molecule has 3 aromatic rings. The fraction of sp³-hybridized carbons (Fsp3) is 0.318. The van der Waals surface area contributed by atoms with Gasteiger partial charge in [-0.25, -0.2) is 8.42 Å². The summed E-state index contributed by atoms with van der Waals surface area (Å²) in [5.41, 5.74) is 1.25. The maximum atomic E-state index is 13.2. The second-order valence-corrected chi connectivity index (χ2v) is 11.2. The summed E-state index contributed by atoms with van der Waals surface area (Å²) in [6.45, 7) is 4.07. The molecule has 0 spiro atoms. The summed E-state index contributed by atoms with van der Waals surface area (Å²) in [4.78, 5) is 12.7. The minimum absolute atomic E-state index is 0.0550. The van der Waals surface area contributed by atoms with Crippen LogP contribution in [0.2, 0.25) is 5.02 Å². The molecule has 1 fully saturated rings. The molecular formula is C22H23ClN4O4S2. The number of morpholine rings is 1. The van der Waals surface area contributed by atoms with Crippen LogP contribution in [0.4, 0.5) is 5.13 Å². The molecule has 11 heteroatoms. The van der Waals surface area contributed by atoms with Crippen LogP contribution in [-0.2, 0) is 21.2 Å². The number of carbonyl (C=O) groups excluding carboxylic acids is 1. The third-order valence-electron chi connectivity index (χ3n) is 5.08. The van der Waals surface area contributed by atoms with Gasteiger partial charge in [0.1, 0.15) is 9.90 Å². The molecule has 0 aliphatic carbocycles. The summed E-state index contributed by atoms with van der Waals surface area (Å²) in [5.74, 6) is -0.491. The van der Waals surface area contributed by atoms with Crippen molar-refractivity contribution in [2.24, 2.45) is 0 Å². The van der Waals surface area contributed by atoms with Crippen molar-refractivity contribution < 1.29 is 17.9 Å². The van der Waals surface area contributed by atoms with E-state index in [9.17, 15) is 13.2 Å². The molecule has 1 aliphatic heterocycles. The maximum absolute atomic E-state index is 13.2. The highest BCUT2D eigenvalue weighted by molar-refractivity contribution is 7.89. The standard InChI is InChI=1S/C22H23ClN4O4S2/c1-14-12-27(13-15(2)31-14)33(29,30)19-11-17(8-9-18(19)23)21(28)24-22-26-25-20(32-22)10-16-6-4-3-5-7-16/h3-9,11,14-15H,10,12-13H2,1-2H3,(H,24,26,28). The Bertz CT molecular complexity index is 1240. The van der Waals surface area contributed by atoms with E-state index in [1.54, 1.807) is 0 Å². The molecule has 1 amide bonds. The normalized spacial score (nSPS) is 19.4. The van der Waals surface area contributed by atoms with E-state index in [4.69, 9.17) is 16.3 Å². The summed E-state index contributed by atoms with van der Waals surface area (Å²) < 4.78 is 33.5. The molecule has 4 rings (SSSR count). The lowest BCUT2D eigenvalue weighted by atomic mass is 10.2. The lowest BCUT2D eigenvalue weighted by molar-refractivity contribution is -0.0440. The van der Waals surface area contributed by atoms with Crippen molar-refractivity contribution in [2.75, 3.05) is 18.4 Å². The van der Waals surface area contributed by atoms with Crippen LogP contribution in [0.3, 0.4) is 0 Å². The Morgan fingerprint density at radius 3 is 2.55 bits per heavy atom. The van der Waals surface area contributed by atoms with Gasteiger partial charge in [-0.2, -0.15) is 4.31 Å². The van der Waals surface area contributed by atoms with E-state index >= 15 is 0 Å². The van der Waals surface area contributed by atoms with Gasteiger partial charge in [0, 0.05) is 25.1 Å². The van der Waals surface area contributed by atoms with Gasteiger partial charge in [0.2, 0.25) is 15.2 Å². The smallest absolute Gasteiger partial charge is 0.257 e. The monoisotopic (exact) mass is 506 g/mol. The molecule has 0 bridgehead atoms. The quantitative estimate of drug-likeness (QED) is 0.545. The van der Waals surface area contributed by atoms with Crippen molar-refractivity contribution in [2.45, 2.75) is 37.4 Å². The summed E-state index contributed by atoms with van der Waals surface area (Å²) in [6.07, 6.45) is 0.126. The van der Waals surface area contributed by atoms with Gasteiger partial charge in [0.05, 0.1) is 17.2 Å². The Kier molecular flexibility index (Phi) is 7.10. The minimum atomic E-state index is -3.90. The Hall–Kier alpha value is -2.37. The highest BCUT2D eigenvalue weighted by Crippen LogP contribution is 2.28. The number of hydrogen-bond donors (Lipinski definition) is 1. The number of benzene rings is 2. The van der Waals surface area contributed by atoms with Crippen LogP contribution in [0.15, 0.2) is 53.4 Å². The molecule has 2 atom stereocenters. The second kappa shape index (κ2) is 9.86. The topological polar surface area (TPSA) is 101 Å². The maximum Gasteiger partial charge on any atom is 0.257 e. The zero-order valence-electron chi connectivity index (χ0n) is 18.1. The van der Waals surface area contributed by atoms with Crippen molar-refractivity contribution in [3.05, 3.63) is 69.7 Å². The average molecular weight is 507 g/mol. The number of nitrogens with zero attached hydrogens (tertiary/aromatic N) is 3. The van der Waals surface area contributed by atoms with E-state index < -0.39 is 15.9 Å². The van der Waals surface area contributed by atoms with Gasteiger partial charge in [0.25, 0.3) is 5.91 Å². The van der Waals surface area contributed by atoms with Gasteiger partial charge in [0.15, 0.2) is 0 Å². The minimum Gasteiger partial charge on any atom is -0.373 e. The van der Waals surface area contributed by atoms with Crippen molar-refractivity contribution in [1.82, 2.24) is 14.5 Å². The molecule has 2 aromatic carbocycles. The highest BCUT2D eigenvalue weighted by Gasteiger charge is 2.34. The Labute approximate surface area is 201 Å². The molecule has 1 saturated heterocycles. The number of aromatic nitrogens is 2. The number of carbonyl (C=O) groups is 1. The number of hydrogen-bond acceptors (Lipinski definition) is 7. The fourth-order valence-electron chi connectivity index (χ4n) is 3.62. The number of amides is 1.